The number of aromatic nitrogens is 1. The molecule has 2 aliphatic carbocycles. The Morgan fingerprint density at radius 3 is 2.77 bits per heavy atom. The van der Waals surface area contributed by atoms with Crippen molar-refractivity contribution in [1.82, 2.24) is 4.98 Å². The van der Waals surface area contributed by atoms with Crippen molar-refractivity contribution in [3.8, 4) is 0 Å². The van der Waals surface area contributed by atoms with Gasteiger partial charge >= 0.3 is 5.97 Å². The number of nitrogens with zero attached hydrogens (tertiary/aromatic N) is 1. The molecule has 0 spiro atoms. The average Bonchev–Trinajstić information content (AvgIpc) is 2.95. The van der Waals surface area contributed by atoms with Gasteiger partial charge in [-0.05, 0) is 60.6 Å². The van der Waals surface area contributed by atoms with Crippen LogP contribution in [0.1, 0.15) is 73.1 Å². The lowest BCUT2D eigenvalue weighted by molar-refractivity contribution is -0.139. The highest BCUT2D eigenvalue weighted by molar-refractivity contribution is 5.88. The minimum atomic E-state index is -0.711. The van der Waals surface area contributed by atoms with E-state index < -0.39 is 11.9 Å². The molecule has 0 aliphatic heterocycles. The number of carbonyl (C=O) groups is 1. The van der Waals surface area contributed by atoms with Crippen LogP contribution in [0.2, 0.25) is 0 Å². The number of carboxylic acid groups (broad SMARTS) is 1. The van der Waals surface area contributed by atoms with Crippen molar-refractivity contribution < 1.29 is 14.3 Å². The van der Waals surface area contributed by atoms with Gasteiger partial charge in [0.2, 0.25) is 0 Å². The quantitative estimate of drug-likeness (QED) is 0.851. The van der Waals surface area contributed by atoms with E-state index in [1.165, 1.54) is 17.5 Å². The number of rotatable bonds is 1. The van der Waals surface area contributed by atoms with Gasteiger partial charge in [0.1, 0.15) is 5.52 Å². The van der Waals surface area contributed by atoms with Gasteiger partial charge in [-0.1, -0.05) is 13.8 Å². The summed E-state index contributed by atoms with van der Waals surface area (Å²) < 4.78 is 5.71. The molecule has 0 fully saturated rings. The number of benzene rings is 1. The summed E-state index contributed by atoms with van der Waals surface area (Å²) in [6, 6.07) is 0. The first-order chi connectivity index (χ1) is 10.5. The highest BCUT2D eigenvalue weighted by Crippen LogP contribution is 2.54. The fourth-order valence-corrected chi connectivity index (χ4v) is 4.80. The fraction of sp³-hybridized carbons (Fsp3) is 0.556. The second kappa shape index (κ2) is 4.58. The van der Waals surface area contributed by atoms with Crippen LogP contribution in [0, 0.1) is 12.8 Å². The zero-order chi connectivity index (χ0) is 15.6. The Morgan fingerprint density at radius 1 is 1.27 bits per heavy atom. The molecule has 4 atom stereocenters. The van der Waals surface area contributed by atoms with E-state index in [2.05, 4.69) is 18.8 Å². The van der Waals surface area contributed by atoms with Crippen molar-refractivity contribution in [3.05, 3.63) is 28.6 Å². The molecule has 0 bridgehead atoms. The molecule has 4 rings (SSSR count). The lowest BCUT2D eigenvalue weighted by Gasteiger charge is -2.41. The maximum atomic E-state index is 11.9. The van der Waals surface area contributed by atoms with E-state index in [9.17, 15) is 9.90 Å². The second-order valence-electron chi connectivity index (χ2n) is 7.08. The number of carboxylic acids is 1. The molecule has 0 radical (unpaired) electrons. The Bertz CT molecular complexity index is 776. The Labute approximate surface area is 129 Å². The second-order valence-corrected chi connectivity index (χ2v) is 7.08. The van der Waals surface area contributed by atoms with E-state index in [0.29, 0.717) is 17.8 Å². The molecule has 0 saturated heterocycles. The first-order valence-corrected chi connectivity index (χ1v) is 8.13. The standard InChI is InChI=1S/C18H21NO3/c1-8-4-5-11-9(2)6-12(18(20)21)14-10(3)16-17(22-7-19-16)13(8)15(11)14/h7-9,11-12H,4-6H2,1-3H3,(H,20,21)/t8-,9-,11+,12+/m0/s1. The van der Waals surface area contributed by atoms with Crippen LogP contribution < -0.4 is 0 Å². The van der Waals surface area contributed by atoms with Gasteiger partial charge in [-0.3, -0.25) is 4.79 Å². The van der Waals surface area contributed by atoms with Crippen molar-refractivity contribution in [3.63, 3.8) is 0 Å². The van der Waals surface area contributed by atoms with E-state index >= 15 is 0 Å². The Balaban J connectivity index is 2.14. The summed E-state index contributed by atoms with van der Waals surface area (Å²) in [5, 5.41) is 9.74. The van der Waals surface area contributed by atoms with Gasteiger partial charge in [-0.25, -0.2) is 4.98 Å². The summed E-state index contributed by atoms with van der Waals surface area (Å²) in [6.07, 6.45) is 4.51. The zero-order valence-electron chi connectivity index (χ0n) is 13.2. The maximum absolute atomic E-state index is 11.9. The van der Waals surface area contributed by atoms with Crippen LogP contribution in [-0.2, 0) is 4.79 Å². The topological polar surface area (TPSA) is 63.3 Å². The lowest BCUT2D eigenvalue weighted by Crippen LogP contribution is -2.31. The molecule has 2 aliphatic rings. The van der Waals surface area contributed by atoms with Crippen LogP contribution in [0.5, 0.6) is 0 Å². The summed E-state index contributed by atoms with van der Waals surface area (Å²) in [6.45, 7) is 6.42. The summed E-state index contributed by atoms with van der Waals surface area (Å²) in [4.78, 5) is 16.2. The highest BCUT2D eigenvalue weighted by atomic mass is 16.4. The molecule has 22 heavy (non-hydrogen) atoms. The number of hydrogen-bond donors (Lipinski definition) is 1. The van der Waals surface area contributed by atoms with Crippen molar-refractivity contribution in [2.75, 3.05) is 0 Å². The Morgan fingerprint density at radius 2 is 2.05 bits per heavy atom. The highest BCUT2D eigenvalue weighted by Gasteiger charge is 2.43. The third kappa shape index (κ3) is 1.64. The zero-order valence-corrected chi connectivity index (χ0v) is 13.2. The van der Waals surface area contributed by atoms with E-state index in [-0.39, 0.29) is 0 Å². The first kappa shape index (κ1) is 13.8. The summed E-state index contributed by atoms with van der Waals surface area (Å²) in [5.74, 6) is 0.147. The molecule has 1 aromatic carbocycles. The molecule has 0 unspecified atom stereocenters. The van der Waals surface area contributed by atoms with Crippen molar-refractivity contribution in [2.24, 2.45) is 5.92 Å². The van der Waals surface area contributed by atoms with Crippen LogP contribution in [0.25, 0.3) is 11.1 Å². The number of oxazole rings is 1. The van der Waals surface area contributed by atoms with Gasteiger partial charge in [0, 0.05) is 5.56 Å². The third-order valence-corrected chi connectivity index (χ3v) is 5.87. The molecule has 116 valence electrons. The van der Waals surface area contributed by atoms with E-state index in [1.54, 1.807) is 0 Å². The molecule has 1 N–H and O–H groups in total. The van der Waals surface area contributed by atoms with E-state index in [4.69, 9.17) is 4.42 Å². The number of fused-ring (bicyclic) bond motifs is 2. The van der Waals surface area contributed by atoms with Crippen molar-refractivity contribution in [1.29, 1.82) is 0 Å². The number of hydrogen-bond acceptors (Lipinski definition) is 3. The molecule has 2 aromatic rings. The normalized spacial score (nSPS) is 30.3. The van der Waals surface area contributed by atoms with Gasteiger partial charge in [0.05, 0.1) is 5.92 Å². The smallest absolute Gasteiger partial charge is 0.311 e. The van der Waals surface area contributed by atoms with Crippen LogP contribution >= 0.6 is 0 Å². The van der Waals surface area contributed by atoms with Gasteiger partial charge in [0.15, 0.2) is 12.0 Å². The first-order valence-electron chi connectivity index (χ1n) is 8.13. The summed E-state index contributed by atoms with van der Waals surface area (Å²) in [7, 11) is 0. The van der Waals surface area contributed by atoms with Gasteiger partial charge in [-0.2, -0.15) is 0 Å². The van der Waals surface area contributed by atoms with Crippen molar-refractivity contribution >= 4 is 17.1 Å². The maximum Gasteiger partial charge on any atom is 0.311 e. The van der Waals surface area contributed by atoms with Gasteiger partial charge < -0.3 is 9.52 Å². The summed E-state index contributed by atoms with van der Waals surface area (Å²) >= 11 is 0. The monoisotopic (exact) mass is 299 g/mol. The van der Waals surface area contributed by atoms with Gasteiger partial charge in [-0.15, -0.1) is 0 Å². The molecular formula is C18H21NO3. The fourth-order valence-electron chi connectivity index (χ4n) is 4.80. The Hall–Kier alpha value is -1.84. The molecular weight excluding hydrogens is 278 g/mol. The summed E-state index contributed by atoms with van der Waals surface area (Å²) in [5.41, 5.74) is 6.25. The Kier molecular flexibility index (Phi) is 2.87. The SMILES string of the molecule is Cc1c2c3c(c4ocnc14)[C@@H](C)CC[C@@H]3[C@@H](C)C[C@H]2C(=O)O. The largest absolute Gasteiger partial charge is 0.481 e. The molecule has 4 nitrogen and oxygen atoms in total. The predicted octanol–water partition coefficient (Wildman–Crippen LogP) is 4.33. The molecule has 1 heterocycles. The average molecular weight is 299 g/mol. The lowest BCUT2D eigenvalue weighted by atomic mass is 9.62. The molecule has 4 heteroatoms. The number of aliphatic carboxylic acids is 1. The van der Waals surface area contributed by atoms with Crippen LogP contribution in [0.4, 0.5) is 0 Å². The van der Waals surface area contributed by atoms with Crippen LogP contribution in [0.15, 0.2) is 10.8 Å². The predicted molar refractivity (Wildman–Crippen MR) is 83.3 cm³/mol. The molecule has 1 aromatic heterocycles. The molecule has 0 saturated carbocycles. The van der Waals surface area contributed by atoms with Crippen LogP contribution in [-0.4, -0.2) is 16.1 Å². The van der Waals surface area contributed by atoms with E-state index in [1.807, 2.05) is 6.92 Å². The minimum Gasteiger partial charge on any atom is -0.481 e. The van der Waals surface area contributed by atoms with Gasteiger partial charge in [0.25, 0.3) is 0 Å². The van der Waals surface area contributed by atoms with Crippen molar-refractivity contribution in [2.45, 2.75) is 57.8 Å². The minimum absolute atomic E-state index is 0.402. The van der Waals surface area contributed by atoms with E-state index in [0.717, 1.165) is 41.5 Å². The van der Waals surface area contributed by atoms with Crippen LogP contribution in [0.3, 0.4) is 0 Å². The number of aryl methyl sites for hydroxylation is 1. The third-order valence-electron chi connectivity index (χ3n) is 5.87. The molecule has 0 amide bonds.